The summed E-state index contributed by atoms with van der Waals surface area (Å²) in [6.07, 6.45) is 3.42. The maximum Gasteiger partial charge on any atom is 0.111 e. The first-order chi connectivity index (χ1) is 11.1. The van der Waals surface area contributed by atoms with Gasteiger partial charge in [-0.1, -0.05) is 67.5 Å². The molecule has 3 rings (SSSR count). The van der Waals surface area contributed by atoms with Crippen molar-refractivity contribution >= 4 is 34.0 Å². The van der Waals surface area contributed by atoms with Gasteiger partial charge in [0.25, 0.3) is 0 Å². The minimum Gasteiger partial charge on any atom is -0.346 e. The van der Waals surface area contributed by atoms with Crippen LogP contribution in [-0.4, -0.2) is 4.99 Å². The largest absolute Gasteiger partial charge is 0.346 e. The Morgan fingerprint density at radius 1 is 1.09 bits per heavy atom. The van der Waals surface area contributed by atoms with E-state index in [1.165, 1.54) is 46.2 Å². The lowest BCUT2D eigenvalue weighted by molar-refractivity contribution is 0.824. The third-order valence-electron chi connectivity index (χ3n) is 4.47. The molecule has 0 aromatic heterocycles. The summed E-state index contributed by atoms with van der Waals surface area (Å²) < 4.78 is 0. The summed E-state index contributed by atoms with van der Waals surface area (Å²) in [5.41, 5.74) is 8.94. The molecule has 0 saturated heterocycles. The van der Waals surface area contributed by atoms with E-state index in [2.05, 4.69) is 68.6 Å². The maximum absolute atomic E-state index is 5.68. The van der Waals surface area contributed by atoms with Gasteiger partial charge in [-0.3, -0.25) is 0 Å². The van der Waals surface area contributed by atoms with Gasteiger partial charge >= 0.3 is 0 Å². The fraction of sp³-hybridized carbons (Fsp3) is 0.286. The number of benzene rings is 2. The Morgan fingerprint density at radius 3 is 2.65 bits per heavy atom. The minimum absolute atomic E-state index is 0.859. The molecule has 0 spiro atoms. The third-order valence-corrected chi connectivity index (χ3v) is 4.78. The van der Waals surface area contributed by atoms with E-state index >= 15 is 0 Å². The van der Waals surface area contributed by atoms with Crippen molar-refractivity contribution in [3.8, 4) is 0 Å². The molecule has 1 nitrogen and oxygen atoms in total. The van der Waals surface area contributed by atoms with Gasteiger partial charge in [0.2, 0.25) is 0 Å². The van der Waals surface area contributed by atoms with Crippen LogP contribution < -0.4 is 5.32 Å². The van der Waals surface area contributed by atoms with E-state index in [-0.39, 0.29) is 0 Å². The molecule has 0 atom stereocenters. The Balaban J connectivity index is 2.23. The van der Waals surface area contributed by atoms with Crippen molar-refractivity contribution in [3.05, 3.63) is 64.7 Å². The number of fused-ring (bicyclic) bond motifs is 1. The number of unbranched alkanes of at least 4 members (excludes halogenated alkanes) is 1. The SMILES string of the molecule is CCCC/C(=C1/C(=S)Nc2ccccc21)c1cc(C)ccc1C. The van der Waals surface area contributed by atoms with Gasteiger partial charge in [-0.15, -0.1) is 0 Å². The highest BCUT2D eigenvalue weighted by molar-refractivity contribution is 7.81. The fourth-order valence-electron chi connectivity index (χ4n) is 3.23. The summed E-state index contributed by atoms with van der Waals surface area (Å²) >= 11 is 5.68. The Labute approximate surface area is 144 Å². The zero-order valence-electron chi connectivity index (χ0n) is 14.1. The lowest BCUT2D eigenvalue weighted by Crippen LogP contribution is -2.04. The molecule has 2 heteroatoms. The van der Waals surface area contributed by atoms with E-state index in [1.54, 1.807) is 0 Å². The molecule has 1 aliphatic heterocycles. The highest BCUT2D eigenvalue weighted by atomic mass is 32.1. The van der Waals surface area contributed by atoms with Crippen LogP contribution in [0.25, 0.3) is 11.1 Å². The van der Waals surface area contributed by atoms with Crippen molar-refractivity contribution < 1.29 is 0 Å². The summed E-state index contributed by atoms with van der Waals surface area (Å²) in [6, 6.07) is 15.1. The molecule has 0 unspecified atom stereocenters. The first kappa shape index (κ1) is 15.9. The molecule has 0 fully saturated rings. The van der Waals surface area contributed by atoms with E-state index in [0.717, 1.165) is 17.1 Å². The Hall–Kier alpha value is -1.93. The minimum atomic E-state index is 0.859. The smallest absolute Gasteiger partial charge is 0.111 e. The first-order valence-electron chi connectivity index (χ1n) is 8.33. The average Bonchev–Trinajstić information content (AvgIpc) is 2.87. The van der Waals surface area contributed by atoms with Crippen molar-refractivity contribution in [3.63, 3.8) is 0 Å². The maximum atomic E-state index is 5.68. The predicted molar refractivity (Wildman–Crippen MR) is 105 cm³/mol. The highest BCUT2D eigenvalue weighted by Crippen LogP contribution is 2.40. The summed E-state index contributed by atoms with van der Waals surface area (Å²) in [5.74, 6) is 0. The molecule has 0 bridgehead atoms. The van der Waals surface area contributed by atoms with Gasteiger partial charge in [0.1, 0.15) is 4.99 Å². The number of aryl methyl sites for hydroxylation is 2. The first-order valence-corrected chi connectivity index (χ1v) is 8.74. The number of hydrogen-bond acceptors (Lipinski definition) is 1. The second-order valence-corrected chi connectivity index (χ2v) is 6.68. The van der Waals surface area contributed by atoms with Gasteiger partial charge in [-0.2, -0.15) is 0 Å². The molecule has 0 radical (unpaired) electrons. The van der Waals surface area contributed by atoms with Crippen molar-refractivity contribution in [2.45, 2.75) is 40.0 Å². The van der Waals surface area contributed by atoms with E-state index < -0.39 is 0 Å². The van der Waals surface area contributed by atoms with E-state index in [4.69, 9.17) is 12.2 Å². The molecule has 2 aromatic carbocycles. The van der Waals surface area contributed by atoms with Crippen LogP contribution in [0.5, 0.6) is 0 Å². The number of allylic oxidation sites excluding steroid dienone is 1. The average molecular weight is 321 g/mol. The number of para-hydroxylation sites is 1. The molecule has 1 aliphatic rings. The van der Waals surface area contributed by atoms with Crippen LogP contribution in [0.1, 0.15) is 48.4 Å². The van der Waals surface area contributed by atoms with Crippen LogP contribution in [0.2, 0.25) is 0 Å². The van der Waals surface area contributed by atoms with Gasteiger partial charge < -0.3 is 5.32 Å². The summed E-state index contributed by atoms with van der Waals surface area (Å²) in [5, 5.41) is 3.38. The van der Waals surface area contributed by atoms with Crippen LogP contribution in [0.3, 0.4) is 0 Å². The zero-order valence-corrected chi connectivity index (χ0v) is 14.9. The molecule has 0 amide bonds. The topological polar surface area (TPSA) is 12.0 Å². The molecule has 2 aromatic rings. The summed E-state index contributed by atoms with van der Waals surface area (Å²) in [7, 11) is 0. The van der Waals surface area contributed by atoms with Crippen molar-refractivity contribution in [2.75, 3.05) is 5.32 Å². The Morgan fingerprint density at radius 2 is 1.87 bits per heavy atom. The fourth-order valence-corrected chi connectivity index (χ4v) is 3.57. The lowest BCUT2D eigenvalue weighted by atomic mass is 9.89. The molecule has 1 heterocycles. The molecular weight excluding hydrogens is 298 g/mol. The normalized spacial score (nSPS) is 15.3. The van der Waals surface area contributed by atoms with Crippen molar-refractivity contribution in [1.29, 1.82) is 0 Å². The van der Waals surface area contributed by atoms with Crippen LogP contribution in [0, 0.1) is 13.8 Å². The second kappa shape index (κ2) is 6.67. The predicted octanol–water partition coefficient (Wildman–Crippen LogP) is 6.16. The van der Waals surface area contributed by atoms with Gasteiger partial charge in [0, 0.05) is 16.8 Å². The van der Waals surface area contributed by atoms with Crippen molar-refractivity contribution in [2.24, 2.45) is 0 Å². The number of thiocarbonyl (C=S) groups is 1. The van der Waals surface area contributed by atoms with Crippen LogP contribution >= 0.6 is 12.2 Å². The van der Waals surface area contributed by atoms with E-state index in [0.29, 0.717) is 0 Å². The monoisotopic (exact) mass is 321 g/mol. The van der Waals surface area contributed by atoms with Crippen molar-refractivity contribution in [1.82, 2.24) is 0 Å². The molecule has 0 saturated carbocycles. The quantitative estimate of drug-likeness (QED) is 0.535. The van der Waals surface area contributed by atoms with Gasteiger partial charge in [-0.25, -0.2) is 0 Å². The summed E-state index contributed by atoms with van der Waals surface area (Å²) in [4.78, 5) is 0.859. The number of anilines is 1. The Bertz CT molecular complexity index is 786. The molecule has 23 heavy (non-hydrogen) atoms. The Kier molecular flexibility index (Phi) is 4.63. The molecule has 1 N–H and O–H groups in total. The number of rotatable bonds is 4. The molecule has 118 valence electrons. The van der Waals surface area contributed by atoms with Crippen LogP contribution in [-0.2, 0) is 0 Å². The van der Waals surface area contributed by atoms with E-state index in [1.807, 2.05) is 0 Å². The summed E-state index contributed by atoms with van der Waals surface area (Å²) in [6.45, 7) is 6.59. The second-order valence-electron chi connectivity index (χ2n) is 6.28. The van der Waals surface area contributed by atoms with Gasteiger partial charge in [-0.05, 0) is 49.5 Å². The number of nitrogens with one attached hydrogen (secondary N) is 1. The standard InChI is InChI=1S/C21H23NS/c1-4-5-8-16(18-13-14(2)11-12-15(18)3)20-17-9-6-7-10-19(17)22-21(20)23/h6-7,9-13H,4-5,8H2,1-3H3,(H,22,23)/b20-16-. The van der Waals surface area contributed by atoms with Crippen LogP contribution in [0.4, 0.5) is 5.69 Å². The van der Waals surface area contributed by atoms with E-state index in [9.17, 15) is 0 Å². The lowest BCUT2D eigenvalue weighted by Gasteiger charge is -2.15. The number of hydrogen-bond donors (Lipinski definition) is 1. The van der Waals surface area contributed by atoms with Gasteiger partial charge in [0.15, 0.2) is 0 Å². The molecular formula is C21H23NS. The van der Waals surface area contributed by atoms with Gasteiger partial charge in [0.05, 0.1) is 0 Å². The zero-order chi connectivity index (χ0) is 16.4. The highest BCUT2D eigenvalue weighted by Gasteiger charge is 2.24. The third kappa shape index (κ3) is 3.09. The van der Waals surface area contributed by atoms with Crippen LogP contribution in [0.15, 0.2) is 42.5 Å². The molecule has 0 aliphatic carbocycles.